The van der Waals surface area contributed by atoms with E-state index in [1.165, 1.54) is 6.33 Å². The Morgan fingerprint density at radius 2 is 2.00 bits per heavy atom. The number of carbonyl (C=O) groups excluding carboxylic acids is 1. The fourth-order valence-electron chi connectivity index (χ4n) is 2.82. The number of benzene rings is 1. The molecule has 2 aromatic rings. The highest BCUT2D eigenvalue weighted by Gasteiger charge is 2.26. The summed E-state index contributed by atoms with van der Waals surface area (Å²) in [5.41, 5.74) is 1.24. The minimum absolute atomic E-state index is 0.243. The number of rotatable bonds is 0. The van der Waals surface area contributed by atoms with Gasteiger partial charge in [-0.05, 0) is 51.8 Å². The lowest BCUT2D eigenvalue weighted by atomic mass is 9.97. The predicted molar refractivity (Wildman–Crippen MR) is 102 cm³/mol. The summed E-state index contributed by atoms with van der Waals surface area (Å²) in [4.78, 5) is 22.1. The molecule has 6 heteroatoms. The van der Waals surface area contributed by atoms with Gasteiger partial charge in [-0.2, -0.15) is 0 Å². The van der Waals surface area contributed by atoms with Crippen molar-refractivity contribution in [2.45, 2.75) is 39.2 Å². The third-order valence-electron chi connectivity index (χ3n) is 4.15. The Morgan fingerprint density at radius 3 is 2.69 bits per heavy atom. The van der Waals surface area contributed by atoms with Crippen LogP contribution in [0.1, 0.15) is 39.2 Å². The molecule has 1 saturated heterocycles. The highest BCUT2D eigenvalue weighted by molar-refractivity contribution is 6.34. The Labute approximate surface area is 158 Å². The molecule has 1 aliphatic rings. The van der Waals surface area contributed by atoms with E-state index in [9.17, 15) is 4.79 Å². The molecule has 1 fully saturated rings. The fraction of sp³-hybridized carbons (Fsp3) is 0.450. The summed E-state index contributed by atoms with van der Waals surface area (Å²) in [6.07, 6.45) is 2.91. The van der Waals surface area contributed by atoms with Crippen LogP contribution in [0.4, 0.5) is 4.79 Å². The summed E-state index contributed by atoms with van der Waals surface area (Å²) in [7, 11) is 0. The lowest BCUT2D eigenvalue weighted by Crippen LogP contribution is -2.41. The Morgan fingerprint density at radius 1 is 1.27 bits per heavy atom. The van der Waals surface area contributed by atoms with Crippen LogP contribution in [0.3, 0.4) is 0 Å². The van der Waals surface area contributed by atoms with Gasteiger partial charge in [0.05, 0.1) is 5.52 Å². The van der Waals surface area contributed by atoms with E-state index in [0.29, 0.717) is 18.2 Å². The van der Waals surface area contributed by atoms with Gasteiger partial charge in [0.25, 0.3) is 0 Å². The molecule has 0 spiro atoms. The molecular weight excluding hydrogens is 350 g/mol. The van der Waals surface area contributed by atoms with Gasteiger partial charge in [-0.15, -0.1) is 0 Å². The summed E-state index contributed by atoms with van der Waals surface area (Å²) in [5.74, 6) is 6.80. The molecule has 0 atom stereocenters. The summed E-state index contributed by atoms with van der Waals surface area (Å²) in [6.45, 7) is 6.98. The van der Waals surface area contributed by atoms with E-state index in [2.05, 4.69) is 21.8 Å². The first-order chi connectivity index (χ1) is 12.3. The second kappa shape index (κ2) is 7.51. The molecule has 1 amide bonds. The van der Waals surface area contributed by atoms with Crippen LogP contribution in [0.15, 0.2) is 24.5 Å². The number of halogens is 1. The van der Waals surface area contributed by atoms with Crippen LogP contribution in [0.2, 0.25) is 5.15 Å². The number of carbonyl (C=O) groups is 1. The number of ether oxygens (including phenoxy) is 1. The Bertz CT molecular complexity index is 872. The Kier molecular flexibility index (Phi) is 5.33. The predicted octanol–water partition coefficient (Wildman–Crippen LogP) is 4.28. The van der Waals surface area contributed by atoms with Gasteiger partial charge in [0.1, 0.15) is 17.1 Å². The second-order valence-corrected chi connectivity index (χ2v) is 7.77. The fourth-order valence-corrected chi connectivity index (χ4v) is 3.02. The molecule has 0 aliphatic carbocycles. The van der Waals surface area contributed by atoms with Gasteiger partial charge in [0, 0.05) is 30.0 Å². The highest BCUT2D eigenvalue weighted by atomic mass is 35.5. The SMILES string of the molecule is CC(C)(C)OC(=O)N1CCC(C#Cc2ccc3ncnc(Cl)c3c2)CC1. The zero-order chi connectivity index (χ0) is 18.7. The maximum Gasteiger partial charge on any atom is 0.410 e. The van der Waals surface area contributed by atoms with E-state index in [1.54, 1.807) is 4.90 Å². The highest BCUT2D eigenvalue weighted by Crippen LogP contribution is 2.21. The van der Waals surface area contributed by atoms with Gasteiger partial charge in [-0.3, -0.25) is 0 Å². The molecule has 0 saturated carbocycles. The van der Waals surface area contributed by atoms with E-state index in [0.717, 1.165) is 29.3 Å². The molecule has 0 N–H and O–H groups in total. The molecule has 1 aromatic carbocycles. The van der Waals surface area contributed by atoms with Crippen LogP contribution in [0.5, 0.6) is 0 Å². The molecular formula is C20H22ClN3O2. The molecule has 2 heterocycles. The molecule has 5 nitrogen and oxygen atoms in total. The summed E-state index contributed by atoms with van der Waals surface area (Å²) in [6, 6.07) is 5.76. The van der Waals surface area contributed by atoms with E-state index >= 15 is 0 Å². The van der Waals surface area contributed by atoms with Gasteiger partial charge in [0.15, 0.2) is 0 Å². The lowest BCUT2D eigenvalue weighted by Gasteiger charge is -2.31. The van der Waals surface area contributed by atoms with Crippen molar-refractivity contribution in [2.24, 2.45) is 5.92 Å². The monoisotopic (exact) mass is 371 g/mol. The first-order valence-corrected chi connectivity index (χ1v) is 9.09. The summed E-state index contributed by atoms with van der Waals surface area (Å²) in [5, 5.41) is 1.24. The first-order valence-electron chi connectivity index (χ1n) is 8.71. The van der Waals surface area contributed by atoms with Crippen molar-refractivity contribution in [2.75, 3.05) is 13.1 Å². The zero-order valence-electron chi connectivity index (χ0n) is 15.3. The number of hydrogen-bond donors (Lipinski definition) is 0. The number of aromatic nitrogens is 2. The Balaban J connectivity index is 1.62. The normalized spacial score (nSPS) is 15.5. The van der Waals surface area contributed by atoms with Crippen LogP contribution < -0.4 is 0 Å². The van der Waals surface area contributed by atoms with E-state index in [-0.39, 0.29) is 12.0 Å². The molecule has 3 rings (SSSR count). The van der Waals surface area contributed by atoms with E-state index in [4.69, 9.17) is 16.3 Å². The molecule has 1 aliphatic heterocycles. The van der Waals surface area contributed by atoms with Crippen molar-refractivity contribution in [1.29, 1.82) is 0 Å². The largest absolute Gasteiger partial charge is 0.444 e. The zero-order valence-corrected chi connectivity index (χ0v) is 16.0. The van der Waals surface area contributed by atoms with Crippen molar-refractivity contribution in [1.82, 2.24) is 14.9 Å². The number of amides is 1. The third-order valence-corrected chi connectivity index (χ3v) is 4.46. The summed E-state index contributed by atoms with van der Waals surface area (Å²) >= 11 is 6.12. The van der Waals surface area contributed by atoms with Crippen LogP contribution in [-0.4, -0.2) is 39.7 Å². The van der Waals surface area contributed by atoms with E-state index in [1.807, 2.05) is 39.0 Å². The van der Waals surface area contributed by atoms with Gasteiger partial charge >= 0.3 is 6.09 Å². The standard InChI is InChI=1S/C20H22ClN3O2/c1-20(2,3)26-19(25)24-10-8-14(9-11-24)4-5-15-6-7-17-16(12-15)18(21)23-13-22-17/h6-7,12-14H,8-11H2,1-3H3. The van der Waals surface area contributed by atoms with Gasteiger partial charge in [0.2, 0.25) is 0 Å². The van der Waals surface area contributed by atoms with Crippen molar-refractivity contribution in [3.8, 4) is 11.8 Å². The van der Waals surface area contributed by atoms with Gasteiger partial charge in [-0.25, -0.2) is 14.8 Å². The lowest BCUT2D eigenvalue weighted by molar-refractivity contribution is 0.0199. The average molecular weight is 372 g/mol. The minimum atomic E-state index is -0.463. The van der Waals surface area contributed by atoms with Crippen LogP contribution in [0.25, 0.3) is 10.9 Å². The number of likely N-dealkylation sites (tertiary alicyclic amines) is 1. The molecule has 0 bridgehead atoms. The topological polar surface area (TPSA) is 55.3 Å². The smallest absolute Gasteiger partial charge is 0.410 e. The van der Waals surface area contributed by atoms with Crippen LogP contribution in [0, 0.1) is 17.8 Å². The van der Waals surface area contributed by atoms with Crippen molar-refractivity contribution >= 4 is 28.6 Å². The van der Waals surface area contributed by atoms with Crippen molar-refractivity contribution in [3.63, 3.8) is 0 Å². The molecule has 136 valence electrons. The second-order valence-electron chi connectivity index (χ2n) is 7.41. The first kappa shape index (κ1) is 18.5. The molecule has 26 heavy (non-hydrogen) atoms. The average Bonchev–Trinajstić information content (AvgIpc) is 2.59. The van der Waals surface area contributed by atoms with Gasteiger partial charge in [-0.1, -0.05) is 23.4 Å². The maximum absolute atomic E-state index is 12.1. The quantitative estimate of drug-likeness (QED) is 0.512. The number of fused-ring (bicyclic) bond motifs is 1. The van der Waals surface area contributed by atoms with Crippen LogP contribution >= 0.6 is 11.6 Å². The Hall–Kier alpha value is -2.32. The van der Waals surface area contributed by atoms with Crippen molar-refractivity contribution in [3.05, 3.63) is 35.2 Å². The molecule has 1 aromatic heterocycles. The molecule has 0 radical (unpaired) electrons. The summed E-state index contributed by atoms with van der Waals surface area (Å²) < 4.78 is 5.42. The van der Waals surface area contributed by atoms with Gasteiger partial charge < -0.3 is 9.64 Å². The minimum Gasteiger partial charge on any atom is -0.444 e. The third kappa shape index (κ3) is 4.64. The van der Waals surface area contributed by atoms with Crippen LogP contribution in [-0.2, 0) is 4.74 Å². The number of nitrogens with zero attached hydrogens (tertiary/aromatic N) is 3. The number of hydrogen-bond acceptors (Lipinski definition) is 4. The van der Waals surface area contributed by atoms with E-state index < -0.39 is 5.60 Å². The number of piperidine rings is 1. The van der Waals surface area contributed by atoms with Crippen molar-refractivity contribution < 1.29 is 9.53 Å². The molecule has 0 unspecified atom stereocenters. The maximum atomic E-state index is 12.1.